The number of amides is 5. The lowest BCUT2D eigenvalue weighted by atomic mass is 10.0. The van der Waals surface area contributed by atoms with Crippen LogP contribution in [0.4, 0.5) is 0 Å². The second-order valence-corrected chi connectivity index (χ2v) is 9.93. The Morgan fingerprint density at radius 1 is 0.976 bits per heavy atom. The number of carbonyl (C=O) groups excluding carboxylic acids is 5. The summed E-state index contributed by atoms with van der Waals surface area (Å²) in [5.41, 5.74) is 22.3. The monoisotopic (exact) mass is 595 g/mol. The van der Waals surface area contributed by atoms with E-state index in [1.165, 1.54) is 12.5 Å². The summed E-state index contributed by atoms with van der Waals surface area (Å²) in [5.74, 6) is -5.50. The minimum atomic E-state index is -1.51. The summed E-state index contributed by atoms with van der Waals surface area (Å²) in [7, 11) is 0. The number of guanidine groups is 1. The van der Waals surface area contributed by atoms with Crippen molar-refractivity contribution in [3.63, 3.8) is 0 Å². The Morgan fingerprint density at radius 2 is 1.64 bits per heavy atom. The number of imidazole rings is 1. The second-order valence-electron chi connectivity index (χ2n) is 9.93. The first kappa shape index (κ1) is 35.3. The predicted molar refractivity (Wildman–Crippen MR) is 150 cm³/mol. The van der Waals surface area contributed by atoms with E-state index in [2.05, 4.69) is 36.2 Å². The quantitative estimate of drug-likeness (QED) is 0.0416. The first-order valence-electron chi connectivity index (χ1n) is 13.2. The molecule has 18 nitrogen and oxygen atoms in total. The molecule has 0 radical (unpaired) electrons. The van der Waals surface area contributed by atoms with Crippen LogP contribution in [-0.4, -0.2) is 93.8 Å². The molecule has 0 saturated heterocycles. The molecule has 4 atom stereocenters. The van der Waals surface area contributed by atoms with Gasteiger partial charge in [0.1, 0.15) is 18.1 Å². The summed E-state index contributed by atoms with van der Waals surface area (Å²) < 4.78 is 0. The van der Waals surface area contributed by atoms with Crippen molar-refractivity contribution in [1.82, 2.24) is 31.2 Å². The zero-order chi connectivity index (χ0) is 31.8. The molecule has 1 rings (SSSR count). The van der Waals surface area contributed by atoms with E-state index >= 15 is 0 Å². The highest BCUT2D eigenvalue weighted by molar-refractivity contribution is 5.96. The van der Waals surface area contributed by atoms with E-state index in [0.29, 0.717) is 12.1 Å². The van der Waals surface area contributed by atoms with Crippen LogP contribution in [0.25, 0.3) is 0 Å². The molecule has 18 heteroatoms. The van der Waals surface area contributed by atoms with Gasteiger partial charge in [0.15, 0.2) is 5.96 Å². The molecule has 1 heterocycles. The summed E-state index contributed by atoms with van der Waals surface area (Å²) in [6.07, 6.45) is 2.71. The standard InChI is InChI=1S/C24H41N11O7/c1-12(2)6-14(25)20(38)34-15(4-3-5-30-24(27)28)22(40)35-16(8-18(26)36)21(39)31-10-19(37)33-17(23(41)42)7-13-9-29-11-32-13/h9,11-12,14-17H,3-8,10,25H2,1-2H3,(H2,26,36)(H,29,32)(H,31,39)(H,33,37)(H,34,38)(H,35,40)(H,41,42)(H4,27,28,30)/t14-,15-,16-,17-/m0/s1. The van der Waals surface area contributed by atoms with Gasteiger partial charge in [0.05, 0.1) is 25.3 Å². The average Bonchev–Trinajstić information content (AvgIpc) is 3.40. The van der Waals surface area contributed by atoms with Crippen LogP contribution in [0.5, 0.6) is 0 Å². The number of nitrogens with one attached hydrogen (secondary N) is 5. The largest absolute Gasteiger partial charge is 0.480 e. The van der Waals surface area contributed by atoms with Crippen molar-refractivity contribution in [2.45, 2.75) is 70.1 Å². The fourth-order valence-corrected chi connectivity index (χ4v) is 3.70. The van der Waals surface area contributed by atoms with Gasteiger partial charge in [-0.1, -0.05) is 13.8 Å². The number of aliphatic carboxylic acids is 1. The molecule has 0 fully saturated rings. The van der Waals surface area contributed by atoms with Crippen LogP contribution in [0, 0.1) is 5.92 Å². The zero-order valence-corrected chi connectivity index (χ0v) is 23.6. The summed E-state index contributed by atoms with van der Waals surface area (Å²) in [6.45, 7) is 3.24. The molecule has 1 aromatic heterocycles. The summed E-state index contributed by atoms with van der Waals surface area (Å²) in [6, 6.07) is -4.90. The first-order valence-corrected chi connectivity index (χ1v) is 13.2. The second kappa shape index (κ2) is 17.8. The molecule has 42 heavy (non-hydrogen) atoms. The molecule has 0 spiro atoms. The molecule has 0 aromatic carbocycles. The lowest BCUT2D eigenvalue weighted by molar-refractivity contribution is -0.141. The van der Waals surface area contributed by atoms with Gasteiger partial charge in [0.25, 0.3) is 0 Å². The number of aliphatic imine (C=N–C) groups is 1. The van der Waals surface area contributed by atoms with Crippen molar-refractivity contribution in [3.05, 3.63) is 18.2 Å². The molecule has 0 bridgehead atoms. The zero-order valence-electron chi connectivity index (χ0n) is 23.6. The molecule has 0 unspecified atom stereocenters. The van der Waals surface area contributed by atoms with Crippen LogP contribution in [-0.2, 0) is 35.2 Å². The smallest absolute Gasteiger partial charge is 0.326 e. The number of carbonyl (C=O) groups is 6. The lowest BCUT2D eigenvalue weighted by Crippen LogP contribution is -2.57. The van der Waals surface area contributed by atoms with Gasteiger partial charge in [-0.3, -0.25) is 29.0 Å². The SMILES string of the molecule is CC(C)C[C@H](N)C(=O)N[C@@H](CCCN=C(N)N)C(=O)N[C@@H](CC(N)=O)C(=O)NCC(=O)N[C@@H](Cc1cnc[nH]1)C(=O)O. The number of nitrogens with two attached hydrogens (primary N) is 4. The number of aromatic nitrogens is 2. The Balaban J connectivity index is 2.90. The summed E-state index contributed by atoms with van der Waals surface area (Å²) >= 11 is 0. The van der Waals surface area contributed by atoms with Crippen molar-refractivity contribution in [2.75, 3.05) is 13.1 Å². The maximum Gasteiger partial charge on any atom is 0.326 e. The molecule has 5 amide bonds. The third-order valence-corrected chi connectivity index (χ3v) is 5.71. The van der Waals surface area contributed by atoms with Gasteiger partial charge in [-0.05, 0) is 25.2 Å². The van der Waals surface area contributed by atoms with Crippen LogP contribution < -0.4 is 44.2 Å². The Bertz CT molecular complexity index is 1100. The van der Waals surface area contributed by atoms with Crippen LogP contribution in [0.3, 0.4) is 0 Å². The highest BCUT2D eigenvalue weighted by Gasteiger charge is 2.29. The van der Waals surface area contributed by atoms with Gasteiger partial charge in [-0.15, -0.1) is 0 Å². The summed E-state index contributed by atoms with van der Waals surface area (Å²) in [4.78, 5) is 84.4. The summed E-state index contributed by atoms with van der Waals surface area (Å²) in [5, 5.41) is 18.8. The topological polar surface area (TPSA) is 316 Å². The van der Waals surface area contributed by atoms with E-state index in [0.717, 1.165) is 0 Å². The molecule has 14 N–H and O–H groups in total. The number of aromatic amines is 1. The van der Waals surface area contributed by atoms with Gasteiger partial charge in [-0.2, -0.15) is 0 Å². The highest BCUT2D eigenvalue weighted by Crippen LogP contribution is 2.06. The van der Waals surface area contributed by atoms with Crippen LogP contribution >= 0.6 is 0 Å². The van der Waals surface area contributed by atoms with Crippen molar-refractivity contribution in [3.8, 4) is 0 Å². The number of carboxylic acid groups (broad SMARTS) is 1. The molecule has 0 aliphatic carbocycles. The Kier molecular flexibility index (Phi) is 15.0. The van der Waals surface area contributed by atoms with Crippen molar-refractivity contribution >= 4 is 41.5 Å². The number of hydrogen-bond acceptors (Lipinski definition) is 9. The fraction of sp³-hybridized carbons (Fsp3) is 0.583. The van der Waals surface area contributed by atoms with Crippen LogP contribution in [0.15, 0.2) is 17.5 Å². The number of nitrogens with zero attached hydrogens (tertiary/aromatic N) is 2. The minimum Gasteiger partial charge on any atom is -0.480 e. The molecule has 0 aliphatic heterocycles. The van der Waals surface area contributed by atoms with E-state index in [1.807, 2.05) is 13.8 Å². The number of hydrogen-bond donors (Lipinski definition) is 10. The van der Waals surface area contributed by atoms with E-state index in [-0.39, 0.29) is 37.7 Å². The van der Waals surface area contributed by atoms with Gasteiger partial charge < -0.3 is 54.3 Å². The van der Waals surface area contributed by atoms with E-state index in [4.69, 9.17) is 22.9 Å². The number of carboxylic acids is 1. The number of primary amides is 1. The van der Waals surface area contributed by atoms with Crippen molar-refractivity contribution < 1.29 is 33.9 Å². The normalized spacial score (nSPS) is 13.6. The van der Waals surface area contributed by atoms with Gasteiger partial charge >= 0.3 is 5.97 Å². The molecule has 234 valence electrons. The Morgan fingerprint density at radius 3 is 2.19 bits per heavy atom. The molecular weight excluding hydrogens is 554 g/mol. The van der Waals surface area contributed by atoms with Crippen LogP contribution in [0.2, 0.25) is 0 Å². The van der Waals surface area contributed by atoms with Crippen molar-refractivity contribution in [1.29, 1.82) is 0 Å². The third-order valence-electron chi connectivity index (χ3n) is 5.71. The first-order chi connectivity index (χ1) is 19.7. The minimum absolute atomic E-state index is 0.0585. The van der Waals surface area contributed by atoms with Crippen molar-refractivity contribution in [2.24, 2.45) is 33.8 Å². The molecule has 1 aromatic rings. The van der Waals surface area contributed by atoms with E-state index < -0.39 is 72.6 Å². The number of H-pyrrole nitrogens is 1. The fourth-order valence-electron chi connectivity index (χ4n) is 3.70. The van der Waals surface area contributed by atoms with Gasteiger partial charge in [0, 0.05) is 24.9 Å². The van der Waals surface area contributed by atoms with E-state index in [1.54, 1.807) is 0 Å². The molecule has 0 aliphatic rings. The number of rotatable bonds is 19. The Hall–Kier alpha value is -4.74. The maximum absolute atomic E-state index is 13.1. The average molecular weight is 596 g/mol. The third kappa shape index (κ3) is 14.1. The molecular formula is C24H41N11O7. The van der Waals surface area contributed by atoms with Gasteiger partial charge in [0.2, 0.25) is 29.5 Å². The van der Waals surface area contributed by atoms with Crippen LogP contribution in [0.1, 0.15) is 45.2 Å². The van der Waals surface area contributed by atoms with E-state index in [9.17, 15) is 33.9 Å². The lowest BCUT2D eigenvalue weighted by Gasteiger charge is -2.24. The predicted octanol–water partition coefficient (Wildman–Crippen LogP) is -4.09. The maximum atomic E-state index is 13.1. The molecule has 0 saturated carbocycles. The van der Waals surface area contributed by atoms with Gasteiger partial charge in [-0.25, -0.2) is 9.78 Å². The Labute approximate surface area is 242 Å². The highest BCUT2D eigenvalue weighted by atomic mass is 16.4.